The number of hydrogen-bond donors (Lipinski definition) is 2. The maximum absolute atomic E-state index is 10.7. The van der Waals surface area contributed by atoms with E-state index in [1.54, 1.807) is 13.8 Å². The van der Waals surface area contributed by atoms with E-state index in [0.717, 1.165) is 0 Å². The van der Waals surface area contributed by atoms with Crippen LogP contribution in [0.15, 0.2) is 0 Å². The van der Waals surface area contributed by atoms with Crippen molar-refractivity contribution < 1.29 is 19.3 Å². The Labute approximate surface area is 70.1 Å². The smallest absolute Gasteiger partial charge is 0.274 e. The van der Waals surface area contributed by atoms with Crippen LogP contribution < -0.4 is 11.0 Å². The van der Waals surface area contributed by atoms with Crippen molar-refractivity contribution in [1.82, 2.24) is 11.0 Å². The molecule has 0 aromatic heterocycles. The molecule has 70 valence electrons. The Balaban J connectivity index is 3.55. The third-order valence-corrected chi connectivity index (χ3v) is 0.825. The van der Waals surface area contributed by atoms with Crippen LogP contribution in [0.4, 0.5) is 0 Å². The first kappa shape index (κ1) is 10.9. The van der Waals surface area contributed by atoms with E-state index in [2.05, 4.69) is 9.68 Å². The molecule has 0 saturated heterocycles. The van der Waals surface area contributed by atoms with Gasteiger partial charge in [-0.2, -0.15) is 0 Å². The number of carbonyl (C=O) groups excluding carboxylic acids is 2. The number of hydrogen-bond acceptors (Lipinski definition) is 4. The SMILES string of the molecule is CCONC(=O)C(=O)NOCC. The molecular formula is C6H12N2O4. The summed E-state index contributed by atoms with van der Waals surface area (Å²) in [4.78, 5) is 30.3. The number of hydroxylamine groups is 2. The van der Waals surface area contributed by atoms with Crippen LogP contribution >= 0.6 is 0 Å². The van der Waals surface area contributed by atoms with E-state index < -0.39 is 11.8 Å². The van der Waals surface area contributed by atoms with Gasteiger partial charge in [0.2, 0.25) is 0 Å². The highest BCUT2D eigenvalue weighted by Gasteiger charge is 2.12. The number of carbonyl (C=O) groups is 2. The zero-order chi connectivity index (χ0) is 9.40. The molecule has 0 saturated carbocycles. The molecule has 0 aliphatic heterocycles. The van der Waals surface area contributed by atoms with Crippen molar-refractivity contribution in [2.45, 2.75) is 13.8 Å². The van der Waals surface area contributed by atoms with Crippen LogP contribution in [0.1, 0.15) is 13.8 Å². The molecule has 2 amide bonds. The van der Waals surface area contributed by atoms with Crippen LogP contribution in [0.3, 0.4) is 0 Å². The van der Waals surface area contributed by atoms with E-state index in [4.69, 9.17) is 0 Å². The highest BCUT2D eigenvalue weighted by atomic mass is 16.7. The summed E-state index contributed by atoms with van der Waals surface area (Å²) in [5, 5.41) is 0. The Bertz CT molecular complexity index is 142. The highest BCUT2D eigenvalue weighted by Crippen LogP contribution is 1.71. The van der Waals surface area contributed by atoms with E-state index in [9.17, 15) is 9.59 Å². The lowest BCUT2D eigenvalue weighted by molar-refractivity contribution is -0.153. The fourth-order valence-corrected chi connectivity index (χ4v) is 0.368. The first-order valence-corrected chi connectivity index (χ1v) is 3.56. The van der Waals surface area contributed by atoms with Crippen molar-refractivity contribution in [3.8, 4) is 0 Å². The molecule has 0 spiro atoms. The molecule has 0 heterocycles. The summed E-state index contributed by atoms with van der Waals surface area (Å²) in [6.45, 7) is 3.96. The molecule has 0 fully saturated rings. The Kier molecular flexibility index (Phi) is 5.94. The third kappa shape index (κ3) is 4.64. The van der Waals surface area contributed by atoms with Crippen molar-refractivity contribution in [3.63, 3.8) is 0 Å². The van der Waals surface area contributed by atoms with E-state index in [1.807, 2.05) is 11.0 Å². The summed E-state index contributed by atoms with van der Waals surface area (Å²) in [7, 11) is 0. The molecule has 0 rings (SSSR count). The zero-order valence-electron chi connectivity index (χ0n) is 7.05. The minimum Gasteiger partial charge on any atom is -0.274 e. The Hall–Kier alpha value is -1.14. The molecule has 0 atom stereocenters. The van der Waals surface area contributed by atoms with Gasteiger partial charge in [-0.3, -0.25) is 19.3 Å². The van der Waals surface area contributed by atoms with Gasteiger partial charge in [-0.05, 0) is 13.8 Å². The summed E-state index contributed by atoms with van der Waals surface area (Å²) in [6.07, 6.45) is 0. The Morgan fingerprint density at radius 3 is 1.58 bits per heavy atom. The zero-order valence-corrected chi connectivity index (χ0v) is 7.05. The first-order chi connectivity index (χ1) is 5.72. The molecule has 0 aliphatic rings. The number of rotatable bonds is 4. The van der Waals surface area contributed by atoms with Gasteiger partial charge in [0.05, 0.1) is 13.2 Å². The maximum Gasteiger partial charge on any atom is 0.335 e. The lowest BCUT2D eigenvalue weighted by Gasteiger charge is -2.03. The monoisotopic (exact) mass is 176 g/mol. The van der Waals surface area contributed by atoms with E-state index in [1.165, 1.54) is 0 Å². The van der Waals surface area contributed by atoms with Gasteiger partial charge >= 0.3 is 11.8 Å². The predicted octanol–water partition coefficient (Wildman–Crippen LogP) is -0.878. The number of nitrogens with one attached hydrogen (secondary N) is 2. The molecule has 12 heavy (non-hydrogen) atoms. The normalized spacial score (nSPS) is 9.17. The van der Waals surface area contributed by atoms with Gasteiger partial charge in [0.1, 0.15) is 0 Å². The molecular weight excluding hydrogens is 164 g/mol. The molecule has 6 nitrogen and oxygen atoms in total. The predicted molar refractivity (Wildman–Crippen MR) is 39.5 cm³/mol. The van der Waals surface area contributed by atoms with E-state index in [0.29, 0.717) is 13.2 Å². The molecule has 0 bridgehead atoms. The van der Waals surface area contributed by atoms with Crippen LogP contribution in [0, 0.1) is 0 Å². The summed E-state index contributed by atoms with van der Waals surface area (Å²) in [6, 6.07) is 0. The summed E-state index contributed by atoms with van der Waals surface area (Å²) < 4.78 is 0. The average molecular weight is 176 g/mol. The standard InChI is InChI=1S/C6H12N2O4/c1-3-11-7-5(9)6(10)8-12-4-2/h3-4H2,1-2H3,(H,7,9)(H,8,10). The molecule has 0 aromatic rings. The Morgan fingerprint density at radius 2 is 1.33 bits per heavy atom. The average Bonchev–Trinajstić information content (AvgIpc) is 2.10. The van der Waals surface area contributed by atoms with Crippen LogP contribution in [-0.2, 0) is 19.3 Å². The lowest BCUT2D eigenvalue weighted by Crippen LogP contribution is -2.39. The first-order valence-electron chi connectivity index (χ1n) is 3.56. The van der Waals surface area contributed by atoms with Gasteiger partial charge in [0, 0.05) is 0 Å². The van der Waals surface area contributed by atoms with Crippen LogP contribution in [0.5, 0.6) is 0 Å². The minimum atomic E-state index is -0.884. The van der Waals surface area contributed by atoms with Gasteiger partial charge in [0.15, 0.2) is 0 Å². The second kappa shape index (κ2) is 6.56. The van der Waals surface area contributed by atoms with Crippen molar-refractivity contribution in [3.05, 3.63) is 0 Å². The number of amides is 2. The quantitative estimate of drug-likeness (QED) is 0.431. The second-order valence-electron chi connectivity index (χ2n) is 1.73. The fourth-order valence-electron chi connectivity index (χ4n) is 0.368. The van der Waals surface area contributed by atoms with Gasteiger partial charge in [-0.15, -0.1) is 0 Å². The maximum atomic E-state index is 10.7. The van der Waals surface area contributed by atoms with Crippen molar-refractivity contribution >= 4 is 11.8 Å². The van der Waals surface area contributed by atoms with Gasteiger partial charge in [-0.1, -0.05) is 0 Å². The van der Waals surface area contributed by atoms with Gasteiger partial charge < -0.3 is 0 Å². The van der Waals surface area contributed by atoms with Gasteiger partial charge in [0.25, 0.3) is 0 Å². The van der Waals surface area contributed by atoms with Crippen molar-refractivity contribution in [2.75, 3.05) is 13.2 Å². The topological polar surface area (TPSA) is 76.7 Å². The minimum absolute atomic E-state index is 0.299. The molecule has 0 aliphatic carbocycles. The van der Waals surface area contributed by atoms with Gasteiger partial charge in [-0.25, -0.2) is 11.0 Å². The van der Waals surface area contributed by atoms with E-state index >= 15 is 0 Å². The molecule has 2 N–H and O–H groups in total. The molecule has 0 aromatic carbocycles. The Morgan fingerprint density at radius 1 is 1.00 bits per heavy atom. The molecule has 6 heteroatoms. The lowest BCUT2D eigenvalue weighted by atomic mass is 10.6. The van der Waals surface area contributed by atoms with Crippen LogP contribution in [-0.4, -0.2) is 25.0 Å². The summed E-state index contributed by atoms with van der Waals surface area (Å²) in [5.74, 6) is -1.77. The fraction of sp³-hybridized carbons (Fsp3) is 0.667. The van der Waals surface area contributed by atoms with Crippen LogP contribution in [0.25, 0.3) is 0 Å². The second-order valence-corrected chi connectivity index (χ2v) is 1.73. The molecule has 0 unspecified atom stereocenters. The largest absolute Gasteiger partial charge is 0.335 e. The van der Waals surface area contributed by atoms with Crippen molar-refractivity contribution in [2.24, 2.45) is 0 Å². The molecule has 0 radical (unpaired) electrons. The highest BCUT2D eigenvalue weighted by molar-refractivity contribution is 6.34. The van der Waals surface area contributed by atoms with Crippen molar-refractivity contribution in [1.29, 1.82) is 0 Å². The third-order valence-electron chi connectivity index (χ3n) is 0.825. The summed E-state index contributed by atoms with van der Waals surface area (Å²) >= 11 is 0. The van der Waals surface area contributed by atoms with Crippen LogP contribution in [0.2, 0.25) is 0 Å². The summed E-state index contributed by atoms with van der Waals surface area (Å²) in [5.41, 5.74) is 3.82. The van der Waals surface area contributed by atoms with E-state index in [-0.39, 0.29) is 0 Å².